The van der Waals surface area contributed by atoms with Crippen LogP contribution in [0.4, 0.5) is 0 Å². The van der Waals surface area contributed by atoms with Gasteiger partial charge in [0.25, 0.3) is 5.91 Å². The Bertz CT molecular complexity index is 914. The van der Waals surface area contributed by atoms with Crippen molar-refractivity contribution in [2.45, 2.75) is 13.0 Å². The molecular weight excluding hydrogens is 304 g/mol. The predicted molar refractivity (Wildman–Crippen MR) is 93.0 cm³/mol. The lowest BCUT2D eigenvalue weighted by Crippen LogP contribution is -2.30. The molecule has 0 saturated heterocycles. The molecule has 5 nitrogen and oxygen atoms in total. The molecule has 0 radical (unpaired) electrons. The van der Waals surface area contributed by atoms with Gasteiger partial charge in [-0.15, -0.1) is 0 Å². The van der Waals surface area contributed by atoms with Gasteiger partial charge in [0.2, 0.25) is 5.43 Å². The topological polar surface area (TPSA) is 82.2 Å². The van der Waals surface area contributed by atoms with Crippen molar-refractivity contribution in [1.29, 1.82) is 0 Å². The summed E-state index contributed by atoms with van der Waals surface area (Å²) >= 11 is 0. The van der Waals surface area contributed by atoms with Gasteiger partial charge in [-0.05, 0) is 29.7 Å². The lowest BCUT2D eigenvalue weighted by atomic mass is 10.1. The Kier molecular flexibility index (Phi) is 4.72. The fourth-order valence-electron chi connectivity index (χ4n) is 2.56. The standard InChI is InChI=1S/C19H18N2O3/c22-12-14-7-5-13(6-8-14)9-10-20-19(24)16-11-21-17-4-2-1-3-15(17)18(16)23/h1-8,11,22H,9-10,12H2,(H,20,24)(H,21,23). The maximum Gasteiger partial charge on any atom is 0.256 e. The number of aliphatic hydroxyl groups is 1. The number of benzene rings is 2. The number of pyridine rings is 1. The van der Waals surface area contributed by atoms with E-state index in [4.69, 9.17) is 5.11 Å². The molecule has 5 heteroatoms. The number of amides is 1. The van der Waals surface area contributed by atoms with Gasteiger partial charge in [0, 0.05) is 23.6 Å². The third-order valence-corrected chi connectivity index (χ3v) is 3.94. The highest BCUT2D eigenvalue weighted by molar-refractivity contribution is 5.97. The summed E-state index contributed by atoms with van der Waals surface area (Å²) in [5.41, 5.74) is 2.46. The second-order valence-electron chi connectivity index (χ2n) is 5.56. The number of aromatic nitrogens is 1. The summed E-state index contributed by atoms with van der Waals surface area (Å²) in [6, 6.07) is 14.6. The molecule has 3 rings (SSSR count). The van der Waals surface area contributed by atoms with Crippen LogP contribution in [-0.2, 0) is 13.0 Å². The van der Waals surface area contributed by atoms with Crippen LogP contribution in [0.2, 0.25) is 0 Å². The number of H-pyrrole nitrogens is 1. The summed E-state index contributed by atoms with van der Waals surface area (Å²) < 4.78 is 0. The molecule has 24 heavy (non-hydrogen) atoms. The molecule has 0 spiro atoms. The first-order chi connectivity index (χ1) is 11.7. The molecule has 1 amide bonds. The van der Waals surface area contributed by atoms with E-state index in [2.05, 4.69) is 10.3 Å². The van der Waals surface area contributed by atoms with E-state index in [0.29, 0.717) is 23.9 Å². The molecule has 0 saturated carbocycles. The van der Waals surface area contributed by atoms with Crippen molar-refractivity contribution in [2.75, 3.05) is 6.54 Å². The van der Waals surface area contributed by atoms with Gasteiger partial charge in [0.05, 0.1) is 6.61 Å². The molecule has 3 N–H and O–H groups in total. The van der Waals surface area contributed by atoms with E-state index in [-0.39, 0.29) is 23.5 Å². The number of hydrogen-bond acceptors (Lipinski definition) is 3. The van der Waals surface area contributed by atoms with Crippen molar-refractivity contribution in [2.24, 2.45) is 0 Å². The van der Waals surface area contributed by atoms with Crippen molar-refractivity contribution in [3.05, 3.63) is 81.6 Å². The highest BCUT2D eigenvalue weighted by atomic mass is 16.3. The maximum absolute atomic E-state index is 12.4. The minimum absolute atomic E-state index is 0.0156. The van der Waals surface area contributed by atoms with Gasteiger partial charge < -0.3 is 15.4 Å². The molecule has 0 bridgehead atoms. The van der Waals surface area contributed by atoms with Crippen LogP contribution >= 0.6 is 0 Å². The number of carbonyl (C=O) groups is 1. The second-order valence-corrected chi connectivity index (χ2v) is 5.56. The number of rotatable bonds is 5. The van der Waals surface area contributed by atoms with Gasteiger partial charge in [0.15, 0.2) is 0 Å². The highest BCUT2D eigenvalue weighted by Crippen LogP contribution is 2.07. The molecule has 0 aliphatic heterocycles. The van der Waals surface area contributed by atoms with Gasteiger partial charge >= 0.3 is 0 Å². The highest BCUT2D eigenvalue weighted by Gasteiger charge is 2.12. The van der Waals surface area contributed by atoms with Gasteiger partial charge in [-0.3, -0.25) is 9.59 Å². The number of para-hydroxylation sites is 1. The van der Waals surface area contributed by atoms with Crippen LogP contribution in [0.3, 0.4) is 0 Å². The predicted octanol–water partition coefficient (Wildman–Crippen LogP) is 1.99. The SMILES string of the molecule is O=C(NCCc1ccc(CO)cc1)c1c[nH]c2ccccc2c1=O. The summed E-state index contributed by atoms with van der Waals surface area (Å²) in [5, 5.41) is 12.3. The lowest BCUT2D eigenvalue weighted by molar-refractivity contribution is 0.0953. The van der Waals surface area contributed by atoms with E-state index in [0.717, 1.165) is 11.1 Å². The second kappa shape index (κ2) is 7.10. The van der Waals surface area contributed by atoms with Crippen molar-refractivity contribution < 1.29 is 9.90 Å². The van der Waals surface area contributed by atoms with Crippen LogP contribution in [-0.4, -0.2) is 22.5 Å². The smallest absolute Gasteiger partial charge is 0.256 e. The van der Waals surface area contributed by atoms with Crippen LogP contribution in [0.1, 0.15) is 21.5 Å². The molecule has 2 aromatic carbocycles. The Morgan fingerprint density at radius 1 is 1.04 bits per heavy atom. The molecule has 0 aliphatic rings. The number of carbonyl (C=O) groups excluding carboxylic acids is 1. The van der Waals surface area contributed by atoms with Gasteiger partial charge in [-0.2, -0.15) is 0 Å². The third kappa shape index (κ3) is 3.36. The minimum Gasteiger partial charge on any atom is -0.392 e. The zero-order valence-electron chi connectivity index (χ0n) is 13.1. The number of hydrogen-bond donors (Lipinski definition) is 3. The summed E-state index contributed by atoms with van der Waals surface area (Å²) in [4.78, 5) is 27.6. The van der Waals surface area contributed by atoms with E-state index in [1.54, 1.807) is 18.2 Å². The van der Waals surface area contributed by atoms with Crippen molar-refractivity contribution in [1.82, 2.24) is 10.3 Å². The summed E-state index contributed by atoms with van der Waals surface area (Å²) in [6.07, 6.45) is 2.11. The first-order valence-electron chi connectivity index (χ1n) is 7.76. The molecule has 0 unspecified atom stereocenters. The first-order valence-corrected chi connectivity index (χ1v) is 7.76. The Morgan fingerprint density at radius 3 is 2.50 bits per heavy atom. The molecule has 1 aromatic heterocycles. The van der Waals surface area contributed by atoms with Gasteiger partial charge in [0.1, 0.15) is 5.56 Å². The first kappa shape index (κ1) is 16.0. The summed E-state index contributed by atoms with van der Waals surface area (Å²) in [6.45, 7) is 0.450. The van der Waals surface area contributed by atoms with E-state index >= 15 is 0 Å². The molecule has 1 heterocycles. The van der Waals surface area contributed by atoms with Crippen molar-refractivity contribution in [3.8, 4) is 0 Å². The van der Waals surface area contributed by atoms with Crippen LogP contribution < -0.4 is 10.7 Å². The van der Waals surface area contributed by atoms with Crippen molar-refractivity contribution >= 4 is 16.8 Å². The van der Waals surface area contributed by atoms with Gasteiger partial charge in [-0.1, -0.05) is 36.4 Å². The van der Waals surface area contributed by atoms with E-state index in [9.17, 15) is 9.59 Å². The zero-order chi connectivity index (χ0) is 16.9. The Balaban J connectivity index is 1.66. The number of aliphatic hydroxyl groups excluding tert-OH is 1. The normalized spacial score (nSPS) is 10.7. The van der Waals surface area contributed by atoms with E-state index in [1.807, 2.05) is 30.3 Å². The third-order valence-electron chi connectivity index (χ3n) is 3.94. The van der Waals surface area contributed by atoms with E-state index < -0.39 is 0 Å². The zero-order valence-corrected chi connectivity index (χ0v) is 13.1. The largest absolute Gasteiger partial charge is 0.392 e. The average Bonchev–Trinajstić information content (AvgIpc) is 2.62. The fourth-order valence-corrected chi connectivity index (χ4v) is 2.56. The van der Waals surface area contributed by atoms with Crippen LogP contribution in [0.25, 0.3) is 10.9 Å². The van der Waals surface area contributed by atoms with E-state index in [1.165, 1.54) is 6.20 Å². The summed E-state index contributed by atoms with van der Waals surface area (Å²) in [7, 11) is 0. The molecule has 3 aromatic rings. The van der Waals surface area contributed by atoms with Crippen LogP contribution in [0.15, 0.2) is 59.5 Å². The van der Waals surface area contributed by atoms with Gasteiger partial charge in [-0.25, -0.2) is 0 Å². The summed E-state index contributed by atoms with van der Waals surface area (Å²) in [5.74, 6) is -0.381. The number of fused-ring (bicyclic) bond motifs is 1. The molecular formula is C19H18N2O3. The Labute approximate surface area is 139 Å². The Hall–Kier alpha value is -2.92. The fraction of sp³-hybridized carbons (Fsp3) is 0.158. The molecule has 122 valence electrons. The number of nitrogens with one attached hydrogen (secondary N) is 2. The molecule has 0 atom stereocenters. The van der Waals surface area contributed by atoms with Crippen molar-refractivity contribution in [3.63, 3.8) is 0 Å². The van der Waals surface area contributed by atoms with Crippen LogP contribution in [0, 0.1) is 0 Å². The maximum atomic E-state index is 12.4. The Morgan fingerprint density at radius 2 is 1.75 bits per heavy atom. The number of aromatic amines is 1. The molecule has 0 aliphatic carbocycles. The minimum atomic E-state index is -0.381. The lowest BCUT2D eigenvalue weighted by Gasteiger charge is -2.06. The quantitative estimate of drug-likeness (QED) is 0.672. The van der Waals surface area contributed by atoms with Crippen LogP contribution in [0.5, 0.6) is 0 Å². The molecule has 0 fully saturated rings. The monoisotopic (exact) mass is 322 g/mol. The average molecular weight is 322 g/mol.